The molecule has 0 amide bonds. The van der Waals surface area contributed by atoms with E-state index in [2.05, 4.69) is 32.6 Å². The maximum atomic E-state index is 11.7. The quantitative estimate of drug-likeness (QED) is 0.291. The fourth-order valence-electron chi connectivity index (χ4n) is 2.49. The van der Waals surface area contributed by atoms with Crippen molar-refractivity contribution in [2.45, 2.75) is 10.8 Å². The zero-order valence-electron chi connectivity index (χ0n) is 12.5. The Morgan fingerprint density at radius 3 is 1.91 bits per heavy atom. The number of nitrogens with zero attached hydrogens (tertiary/aromatic N) is 2. The van der Waals surface area contributed by atoms with Gasteiger partial charge in [-0.1, -0.05) is 72.4 Å². The molecule has 1 heterocycles. The normalized spacial score (nSPS) is 11.4. The fraction of sp³-hybridized carbons (Fsp3) is 0.111. The van der Waals surface area contributed by atoms with Gasteiger partial charge in [0, 0.05) is 0 Å². The van der Waals surface area contributed by atoms with Gasteiger partial charge >= 0.3 is 0 Å². The lowest BCUT2D eigenvalue weighted by molar-refractivity contribution is 0.119. The second-order valence-electron chi connectivity index (χ2n) is 5.01. The van der Waals surface area contributed by atoms with Gasteiger partial charge < -0.3 is 5.11 Å². The van der Waals surface area contributed by atoms with Crippen molar-refractivity contribution in [3.05, 3.63) is 87.3 Å². The van der Waals surface area contributed by atoms with Gasteiger partial charge in [0.1, 0.15) is 3.70 Å². The van der Waals surface area contributed by atoms with E-state index in [1.807, 2.05) is 73.0 Å². The Labute approximate surface area is 153 Å². The van der Waals surface area contributed by atoms with E-state index in [-0.39, 0.29) is 0 Å². The molecule has 0 unspecified atom stereocenters. The van der Waals surface area contributed by atoms with Crippen LogP contribution in [0.25, 0.3) is 0 Å². The molecule has 0 saturated carbocycles. The molecule has 0 radical (unpaired) electrons. The summed E-state index contributed by atoms with van der Waals surface area (Å²) in [7, 11) is 0. The van der Waals surface area contributed by atoms with Gasteiger partial charge in [-0.3, -0.25) is 0 Å². The Bertz CT molecular complexity index is 757. The predicted octanol–water partition coefficient (Wildman–Crippen LogP) is 4.09. The van der Waals surface area contributed by atoms with Gasteiger partial charge in [-0.15, -0.1) is 0 Å². The third-order valence-corrected chi connectivity index (χ3v) is 4.71. The lowest BCUT2D eigenvalue weighted by atomic mass is 9.83. The molecular formula is C18H15IN2OS. The average molecular weight is 434 g/mol. The Morgan fingerprint density at radius 1 is 0.913 bits per heavy atom. The fourth-order valence-corrected chi connectivity index (χ4v) is 3.56. The molecule has 1 N–H and O–H groups in total. The second kappa shape index (κ2) is 6.98. The summed E-state index contributed by atoms with van der Waals surface area (Å²) in [6.07, 6.45) is 1.93. The van der Waals surface area contributed by atoms with Crippen LogP contribution >= 0.6 is 34.4 Å². The molecule has 0 aliphatic rings. The molecule has 2 aromatic carbocycles. The van der Waals surface area contributed by atoms with Gasteiger partial charge in [0.25, 0.3) is 0 Å². The highest BCUT2D eigenvalue weighted by atomic mass is 127. The third kappa shape index (κ3) is 3.27. The molecule has 3 aromatic rings. The molecule has 3 nitrogen and oxygen atoms in total. The largest absolute Gasteiger partial charge is 0.374 e. The van der Waals surface area contributed by atoms with Crippen molar-refractivity contribution >= 4 is 34.4 Å². The number of rotatable bonds is 4. The van der Waals surface area contributed by atoms with Crippen LogP contribution in [0.2, 0.25) is 0 Å². The predicted molar refractivity (Wildman–Crippen MR) is 102 cm³/mol. The summed E-state index contributed by atoms with van der Waals surface area (Å²) in [5, 5.41) is 12.3. The van der Waals surface area contributed by atoms with Crippen molar-refractivity contribution < 1.29 is 5.11 Å². The maximum absolute atomic E-state index is 11.7. The van der Waals surface area contributed by atoms with Crippen LogP contribution in [-0.2, 0) is 5.60 Å². The summed E-state index contributed by atoms with van der Waals surface area (Å²) in [5.74, 6) is 0. The standard InChI is InChI=1S/C18H15IN2OS/c1-23-17-20-15(12-16(19)21-17)18(22,13-8-4-2-5-9-13)14-10-6-3-7-11-14/h2-12,22H,1H3. The highest BCUT2D eigenvalue weighted by Crippen LogP contribution is 2.36. The molecule has 0 saturated heterocycles. The van der Waals surface area contributed by atoms with E-state index in [0.29, 0.717) is 10.9 Å². The van der Waals surface area contributed by atoms with Crippen molar-refractivity contribution in [1.82, 2.24) is 9.97 Å². The van der Waals surface area contributed by atoms with Crippen LogP contribution in [0, 0.1) is 3.70 Å². The minimum Gasteiger partial charge on any atom is -0.374 e. The van der Waals surface area contributed by atoms with Crippen LogP contribution in [0.4, 0.5) is 0 Å². The first-order valence-electron chi connectivity index (χ1n) is 7.07. The number of benzene rings is 2. The number of hydrogen-bond acceptors (Lipinski definition) is 4. The first-order valence-corrected chi connectivity index (χ1v) is 9.37. The molecule has 0 aliphatic carbocycles. The zero-order chi connectivity index (χ0) is 16.3. The van der Waals surface area contributed by atoms with Crippen molar-refractivity contribution in [2.24, 2.45) is 0 Å². The molecule has 0 atom stereocenters. The molecule has 0 spiro atoms. The lowest BCUT2D eigenvalue weighted by Gasteiger charge is -2.29. The van der Waals surface area contributed by atoms with Gasteiger partial charge in [-0.2, -0.15) is 0 Å². The van der Waals surface area contributed by atoms with E-state index >= 15 is 0 Å². The van der Waals surface area contributed by atoms with Crippen molar-refractivity contribution in [3.8, 4) is 0 Å². The SMILES string of the molecule is CSc1nc(I)cc(C(O)(c2ccccc2)c2ccccc2)n1. The second-order valence-corrected chi connectivity index (χ2v) is 6.88. The van der Waals surface area contributed by atoms with Gasteiger partial charge in [-0.05, 0) is 46.0 Å². The molecule has 5 heteroatoms. The van der Waals surface area contributed by atoms with Crippen LogP contribution in [0.5, 0.6) is 0 Å². The minimum atomic E-state index is -1.31. The van der Waals surface area contributed by atoms with Gasteiger partial charge in [0.15, 0.2) is 10.8 Å². The van der Waals surface area contributed by atoms with E-state index < -0.39 is 5.60 Å². The van der Waals surface area contributed by atoms with E-state index in [1.54, 1.807) is 0 Å². The van der Waals surface area contributed by atoms with Gasteiger partial charge in [0.05, 0.1) is 5.69 Å². The number of aromatic nitrogens is 2. The van der Waals surface area contributed by atoms with E-state index in [0.717, 1.165) is 14.8 Å². The van der Waals surface area contributed by atoms with Gasteiger partial charge in [0.2, 0.25) is 0 Å². The summed E-state index contributed by atoms with van der Waals surface area (Å²) < 4.78 is 0.808. The topological polar surface area (TPSA) is 46.0 Å². The summed E-state index contributed by atoms with van der Waals surface area (Å²) >= 11 is 3.62. The van der Waals surface area contributed by atoms with Crippen LogP contribution in [0.1, 0.15) is 16.8 Å². The lowest BCUT2D eigenvalue weighted by Crippen LogP contribution is -2.30. The van der Waals surface area contributed by atoms with Crippen LogP contribution < -0.4 is 0 Å². The van der Waals surface area contributed by atoms with Crippen molar-refractivity contribution in [2.75, 3.05) is 6.26 Å². The van der Waals surface area contributed by atoms with E-state index in [9.17, 15) is 5.11 Å². The monoisotopic (exact) mass is 434 g/mol. The van der Waals surface area contributed by atoms with Gasteiger partial charge in [-0.25, -0.2) is 9.97 Å². The smallest absolute Gasteiger partial charge is 0.188 e. The van der Waals surface area contributed by atoms with E-state index in [4.69, 9.17) is 0 Å². The maximum Gasteiger partial charge on any atom is 0.188 e. The Balaban J connectivity index is 2.27. The van der Waals surface area contributed by atoms with Crippen molar-refractivity contribution in [1.29, 1.82) is 0 Å². The molecule has 0 aliphatic heterocycles. The average Bonchev–Trinajstić information content (AvgIpc) is 2.62. The highest BCUT2D eigenvalue weighted by Gasteiger charge is 2.35. The number of hydrogen-bond donors (Lipinski definition) is 1. The Morgan fingerprint density at radius 2 is 1.43 bits per heavy atom. The highest BCUT2D eigenvalue weighted by molar-refractivity contribution is 14.1. The first-order chi connectivity index (χ1) is 11.1. The minimum absolute atomic E-state index is 0.582. The van der Waals surface area contributed by atoms with Crippen LogP contribution in [0.3, 0.4) is 0 Å². The summed E-state index contributed by atoms with van der Waals surface area (Å²) in [6.45, 7) is 0. The molecule has 0 bridgehead atoms. The Kier molecular flexibility index (Phi) is 4.99. The first kappa shape index (κ1) is 16.4. The molecule has 1 aromatic heterocycles. The van der Waals surface area contributed by atoms with Crippen LogP contribution in [-0.4, -0.2) is 21.3 Å². The molecular weight excluding hydrogens is 419 g/mol. The molecule has 0 fully saturated rings. The molecule has 116 valence electrons. The summed E-state index contributed by atoms with van der Waals surface area (Å²) in [4.78, 5) is 8.95. The van der Waals surface area contributed by atoms with E-state index in [1.165, 1.54) is 11.8 Å². The number of halogens is 1. The summed E-state index contributed by atoms with van der Waals surface area (Å²) in [5.41, 5.74) is 0.842. The van der Waals surface area contributed by atoms with Crippen LogP contribution in [0.15, 0.2) is 71.9 Å². The molecule has 3 rings (SSSR count). The van der Waals surface area contributed by atoms with Crippen molar-refractivity contribution in [3.63, 3.8) is 0 Å². The molecule has 23 heavy (non-hydrogen) atoms. The third-order valence-electron chi connectivity index (χ3n) is 3.61. The summed E-state index contributed by atoms with van der Waals surface area (Å²) in [6, 6.07) is 21.1. The zero-order valence-corrected chi connectivity index (χ0v) is 15.5. The number of thioether (sulfide) groups is 1. The Hall–Kier alpha value is -1.44. The number of aliphatic hydroxyl groups is 1.